The second-order valence-corrected chi connectivity index (χ2v) is 10.9. The fraction of sp³-hybridized carbons (Fsp3) is 0.481. The van der Waals surface area contributed by atoms with E-state index in [4.69, 9.17) is 0 Å². The summed E-state index contributed by atoms with van der Waals surface area (Å²) in [6.45, 7) is 9.56. The SMILES string of the molecule is CCc1ccc(N(CC(=O)N(Cc2cccc(C)c2)C(CC)C(=O)NC(C)CC)S(C)(=O)=O)cc1. The van der Waals surface area contributed by atoms with Crippen molar-refractivity contribution in [2.75, 3.05) is 17.1 Å². The second kappa shape index (κ2) is 12.7. The Morgan fingerprint density at radius 3 is 2.14 bits per heavy atom. The first-order valence-electron chi connectivity index (χ1n) is 12.2. The number of carbonyl (C=O) groups is 2. The smallest absolute Gasteiger partial charge is 0.244 e. The lowest BCUT2D eigenvalue weighted by Gasteiger charge is -2.33. The van der Waals surface area contributed by atoms with Crippen LogP contribution in [0, 0.1) is 6.92 Å². The number of nitrogens with zero attached hydrogens (tertiary/aromatic N) is 2. The molecule has 192 valence electrons. The Labute approximate surface area is 210 Å². The molecule has 2 aromatic rings. The maximum atomic E-state index is 13.7. The van der Waals surface area contributed by atoms with Gasteiger partial charge in [-0.2, -0.15) is 0 Å². The Morgan fingerprint density at radius 1 is 0.971 bits per heavy atom. The van der Waals surface area contributed by atoms with Gasteiger partial charge in [-0.05, 0) is 56.4 Å². The van der Waals surface area contributed by atoms with Crippen molar-refractivity contribution in [3.8, 4) is 0 Å². The summed E-state index contributed by atoms with van der Waals surface area (Å²) in [7, 11) is -3.74. The fourth-order valence-electron chi connectivity index (χ4n) is 3.88. The average molecular weight is 502 g/mol. The number of benzene rings is 2. The van der Waals surface area contributed by atoms with Crippen LogP contribution in [0.1, 0.15) is 57.2 Å². The number of nitrogens with one attached hydrogen (secondary N) is 1. The minimum Gasteiger partial charge on any atom is -0.352 e. The lowest BCUT2D eigenvalue weighted by molar-refractivity contribution is -0.140. The van der Waals surface area contributed by atoms with E-state index in [1.807, 2.05) is 71.0 Å². The highest BCUT2D eigenvalue weighted by molar-refractivity contribution is 7.92. The quantitative estimate of drug-likeness (QED) is 0.475. The van der Waals surface area contributed by atoms with Gasteiger partial charge in [0.25, 0.3) is 0 Å². The molecule has 0 saturated carbocycles. The molecule has 0 spiro atoms. The summed E-state index contributed by atoms with van der Waals surface area (Å²) >= 11 is 0. The van der Waals surface area contributed by atoms with Crippen LogP contribution in [-0.4, -0.2) is 50.0 Å². The van der Waals surface area contributed by atoms with Crippen molar-refractivity contribution in [1.29, 1.82) is 0 Å². The van der Waals surface area contributed by atoms with Gasteiger partial charge >= 0.3 is 0 Å². The van der Waals surface area contributed by atoms with E-state index in [1.165, 1.54) is 4.90 Å². The molecule has 0 aliphatic heterocycles. The number of anilines is 1. The number of hydrogen-bond donors (Lipinski definition) is 1. The molecule has 0 saturated heterocycles. The lowest BCUT2D eigenvalue weighted by Crippen LogP contribution is -2.53. The molecule has 1 N–H and O–H groups in total. The molecule has 7 nitrogen and oxygen atoms in total. The van der Waals surface area contributed by atoms with Crippen LogP contribution >= 0.6 is 0 Å². The van der Waals surface area contributed by atoms with Crippen molar-refractivity contribution in [1.82, 2.24) is 10.2 Å². The molecule has 2 unspecified atom stereocenters. The Balaban J connectivity index is 2.43. The van der Waals surface area contributed by atoms with Crippen molar-refractivity contribution in [2.45, 2.75) is 72.5 Å². The Morgan fingerprint density at radius 2 is 1.63 bits per heavy atom. The van der Waals surface area contributed by atoms with Crippen molar-refractivity contribution >= 4 is 27.5 Å². The second-order valence-electron chi connectivity index (χ2n) is 9.04. The third-order valence-corrected chi connectivity index (χ3v) is 7.27. The fourth-order valence-corrected chi connectivity index (χ4v) is 4.73. The van der Waals surface area contributed by atoms with Gasteiger partial charge in [0.1, 0.15) is 12.6 Å². The van der Waals surface area contributed by atoms with Crippen LogP contribution in [-0.2, 0) is 32.6 Å². The highest BCUT2D eigenvalue weighted by atomic mass is 32.2. The molecular formula is C27H39N3O4S. The van der Waals surface area contributed by atoms with E-state index in [0.717, 1.165) is 40.1 Å². The number of hydrogen-bond acceptors (Lipinski definition) is 4. The number of rotatable bonds is 12. The van der Waals surface area contributed by atoms with Gasteiger partial charge in [0.15, 0.2) is 0 Å². The van der Waals surface area contributed by atoms with E-state index < -0.39 is 22.0 Å². The van der Waals surface area contributed by atoms with E-state index >= 15 is 0 Å². The Hall–Kier alpha value is -2.87. The summed E-state index contributed by atoms with van der Waals surface area (Å²) in [6, 6.07) is 14.1. The maximum absolute atomic E-state index is 13.7. The topological polar surface area (TPSA) is 86.8 Å². The monoisotopic (exact) mass is 501 g/mol. The number of carbonyl (C=O) groups excluding carboxylic acids is 2. The molecule has 35 heavy (non-hydrogen) atoms. The largest absolute Gasteiger partial charge is 0.352 e. The van der Waals surface area contributed by atoms with Crippen molar-refractivity contribution in [2.24, 2.45) is 0 Å². The summed E-state index contributed by atoms with van der Waals surface area (Å²) in [6.07, 6.45) is 3.09. The molecule has 8 heteroatoms. The first kappa shape index (κ1) is 28.4. The van der Waals surface area contributed by atoms with Crippen LogP contribution in [0.25, 0.3) is 0 Å². The minimum atomic E-state index is -3.74. The standard InChI is InChI=1S/C27H39N3O4S/c1-7-21(5)28-27(32)25(9-3)29(18-23-12-10-11-20(4)17-23)26(31)19-30(35(6,33)34)24-15-13-22(8-2)14-16-24/h10-17,21,25H,7-9,18-19H2,1-6H3,(H,28,32). The molecule has 0 aliphatic carbocycles. The molecule has 2 amide bonds. The summed E-state index contributed by atoms with van der Waals surface area (Å²) in [4.78, 5) is 28.3. The molecule has 2 aromatic carbocycles. The summed E-state index contributed by atoms with van der Waals surface area (Å²) in [5, 5.41) is 2.98. The predicted octanol–water partition coefficient (Wildman–Crippen LogP) is 4.05. The predicted molar refractivity (Wildman–Crippen MR) is 142 cm³/mol. The first-order chi connectivity index (χ1) is 16.5. The third kappa shape index (κ3) is 8.09. The van der Waals surface area contributed by atoms with Gasteiger partial charge in [-0.1, -0.05) is 62.7 Å². The molecule has 0 radical (unpaired) electrons. The Kier molecular flexibility index (Phi) is 10.3. The van der Waals surface area contributed by atoms with Crippen LogP contribution in [0.15, 0.2) is 48.5 Å². The zero-order valence-corrected chi connectivity index (χ0v) is 22.6. The van der Waals surface area contributed by atoms with Gasteiger partial charge in [-0.25, -0.2) is 8.42 Å². The van der Waals surface area contributed by atoms with E-state index in [9.17, 15) is 18.0 Å². The summed E-state index contributed by atoms with van der Waals surface area (Å²) < 4.78 is 26.5. The van der Waals surface area contributed by atoms with Gasteiger partial charge in [-0.15, -0.1) is 0 Å². The molecule has 0 bridgehead atoms. The third-order valence-electron chi connectivity index (χ3n) is 6.13. The first-order valence-corrected chi connectivity index (χ1v) is 14.1. The van der Waals surface area contributed by atoms with Crippen molar-refractivity contribution < 1.29 is 18.0 Å². The van der Waals surface area contributed by atoms with E-state index in [0.29, 0.717) is 12.1 Å². The van der Waals surface area contributed by atoms with Crippen molar-refractivity contribution in [3.63, 3.8) is 0 Å². The number of aryl methyl sites for hydroxylation is 2. The van der Waals surface area contributed by atoms with E-state index in [1.54, 1.807) is 12.1 Å². The zero-order valence-electron chi connectivity index (χ0n) is 21.7. The molecule has 2 atom stereocenters. The Bertz CT molecular complexity index is 1100. The van der Waals surface area contributed by atoms with Crippen LogP contribution in [0.5, 0.6) is 0 Å². The molecule has 0 aromatic heterocycles. The maximum Gasteiger partial charge on any atom is 0.244 e. The van der Waals surface area contributed by atoms with E-state index in [2.05, 4.69) is 5.32 Å². The minimum absolute atomic E-state index is 0.0305. The normalized spacial score (nSPS) is 13.1. The molecule has 0 fully saturated rings. The summed E-state index contributed by atoms with van der Waals surface area (Å²) in [5.74, 6) is -0.663. The van der Waals surface area contributed by atoms with Crippen LogP contribution in [0.3, 0.4) is 0 Å². The van der Waals surface area contributed by atoms with Gasteiger partial charge in [0, 0.05) is 12.6 Å². The molecular weight excluding hydrogens is 462 g/mol. The van der Waals surface area contributed by atoms with Gasteiger partial charge in [-0.3, -0.25) is 13.9 Å². The van der Waals surface area contributed by atoms with Crippen LogP contribution < -0.4 is 9.62 Å². The van der Waals surface area contributed by atoms with Crippen LogP contribution in [0.2, 0.25) is 0 Å². The van der Waals surface area contributed by atoms with E-state index in [-0.39, 0.29) is 25.0 Å². The van der Waals surface area contributed by atoms with Gasteiger partial charge < -0.3 is 10.2 Å². The van der Waals surface area contributed by atoms with Crippen LogP contribution in [0.4, 0.5) is 5.69 Å². The number of sulfonamides is 1. The van der Waals surface area contributed by atoms with Crippen molar-refractivity contribution in [3.05, 3.63) is 65.2 Å². The molecule has 0 heterocycles. The average Bonchev–Trinajstić information content (AvgIpc) is 2.81. The highest BCUT2D eigenvalue weighted by Gasteiger charge is 2.32. The van der Waals surface area contributed by atoms with Gasteiger partial charge in [0.05, 0.1) is 11.9 Å². The zero-order chi connectivity index (χ0) is 26.2. The highest BCUT2D eigenvalue weighted by Crippen LogP contribution is 2.21. The molecule has 2 rings (SSSR count). The number of amides is 2. The van der Waals surface area contributed by atoms with Gasteiger partial charge in [0.2, 0.25) is 21.8 Å². The molecule has 0 aliphatic rings. The lowest BCUT2D eigenvalue weighted by atomic mass is 10.1. The summed E-state index contributed by atoms with van der Waals surface area (Å²) in [5.41, 5.74) is 3.42.